The van der Waals surface area contributed by atoms with Crippen LogP contribution >= 0.6 is 34.2 Å². The molecule has 11 heteroatoms. The SMILES string of the molecule is C=Cc1cc(F)c(F)c(Nc2ccc(I)cc2F)c1NS(=O)(=O)NC1CC1Cl. The van der Waals surface area contributed by atoms with E-state index in [4.69, 9.17) is 11.6 Å². The van der Waals surface area contributed by atoms with Gasteiger partial charge in [0, 0.05) is 15.2 Å². The van der Waals surface area contributed by atoms with Crippen LogP contribution in [-0.2, 0) is 10.2 Å². The Labute approximate surface area is 178 Å². The van der Waals surface area contributed by atoms with Crippen LogP contribution in [0.2, 0.25) is 0 Å². The zero-order valence-corrected chi connectivity index (χ0v) is 17.8. The number of anilines is 3. The molecule has 1 fully saturated rings. The molecule has 5 nitrogen and oxygen atoms in total. The van der Waals surface area contributed by atoms with E-state index in [1.807, 2.05) is 22.6 Å². The van der Waals surface area contributed by atoms with Gasteiger partial charge in [-0.15, -0.1) is 11.6 Å². The summed E-state index contributed by atoms with van der Waals surface area (Å²) in [7, 11) is -4.15. The zero-order chi connectivity index (χ0) is 20.6. The Morgan fingerprint density at radius 2 is 1.86 bits per heavy atom. The summed E-state index contributed by atoms with van der Waals surface area (Å²) in [5.74, 6) is -3.34. The number of halogens is 5. The van der Waals surface area contributed by atoms with E-state index < -0.39 is 39.4 Å². The second kappa shape index (κ2) is 8.09. The Bertz CT molecular complexity index is 1050. The van der Waals surface area contributed by atoms with Crippen molar-refractivity contribution in [2.24, 2.45) is 0 Å². The average molecular weight is 544 g/mol. The monoisotopic (exact) mass is 543 g/mol. The van der Waals surface area contributed by atoms with Gasteiger partial charge in [-0.2, -0.15) is 13.1 Å². The normalized spacial score (nSPS) is 18.6. The fourth-order valence-electron chi connectivity index (χ4n) is 2.41. The van der Waals surface area contributed by atoms with Crippen LogP contribution in [0.5, 0.6) is 0 Å². The first-order valence-electron chi connectivity index (χ1n) is 7.92. The lowest BCUT2D eigenvalue weighted by atomic mass is 10.1. The predicted octanol–water partition coefficient (Wildman–Crippen LogP) is 4.72. The Morgan fingerprint density at radius 1 is 1.18 bits per heavy atom. The molecule has 3 rings (SSSR count). The van der Waals surface area contributed by atoms with Gasteiger partial charge in [-0.05, 0) is 53.3 Å². The third-order valence-electron chi connectivity index (χ3n) is 3.92. The Hall–Kier alpha value is -1.50. The maximum atomic E-state index is 14.5. The molecule has 0 bridgehead atoms. The average Bonchev–Trinajstić information content (AvgIpc) is 3.29. The highest BCUT2D eigenvalue weighted by molar-refractivity contribution is 14.1. The van der Waals surface area contributed by atoms with Gasteiger partial charge in [-0.3, -0.25) is 4.72 Å². The number of alkyl halides is 1. The summed E-state index contributed by atoms with van der Waals surface area (Å²) in [5.41, 5.74) is -1.07. The molecule has 0 radical (unpaired) electrons. The van der Waals surface area contributed by atoms with E-state index in [0.29, 0.717) is 9.99 Å². The molecule has 0 spiro atoms. The molecule has 1 saturated carbocycles. The molecule has 2 aromatic rings. The summed E-state index contributed by atoms with van der Waals surface area (Å²) in [6.45, 7) is 3.49. The Kier molecular flexibility index (Phi) is 6.13. The summed E-state index contributed by atoms with van der Waals surface area (Å²) >= 11 is 7.69. The minimum Gasteiger partial charge on any atom is -0.349 e. The summed E-state index contributed by atoms with van der Waals surface area (Å²) in [6, 6.07) is 4.40. The first kappa shape index (κ1) is 21.2. The smallest absolute Gasteiger partial charge is 0.299 e. The molecule has 1 aliphatic carbocycles. The third-order valence-corrected chi connectivity index (χ3v) is 6.16. The summed E-state index contributed by atoms with van der Waals surface area (Å²) in [5, 5.41) is 2.10. The molecule has 2 unspecified atom stereocenters. The highest BCUT2D eigenvalue weighted by atomic mass is 127. The van der Waals surface area contributed by atoms with Crippen molar-refractivity contribution >= 4 is 67.5 Å². The predicted molar refractivity (Wildman–Crippen MR) is 113 cm³/mol. The molecule has 28 heavy (non-hydrogen) atoms. The first-order valence-corrected chi connectivity index (χ1v) is 10.9. The number of hydrogen-bond acceptors (Lipinski definition) is 3. The minimum absolute atomic E-state index is 0.0316. The minimum atomic E-state index is -4.15. The standard InChI is InChI=1S/C17H14ClF3IN3O2S/c1-2-8-5-12(20)15(21)17(23-13-4-3-9(22)6-11(13)19)16(8)25-28(26,27)24-14-7-10(14)18/h2-6,10,14,23-25H,1,7H2. The molecular weight excluding hydrogens is 530 g/mol. The third kappa shape index (κ3) is 4.73. The van der Waals surface area contributed by atoms with Crippen molar-refractivity contribution in [3.63, 3.8) is 0 Å². The first-order chi connectivity index (χ1) is 13.1. The van der Waals surface area contributed by atoms with Crippen LogP contribution in [0.4, 0.5) is 30.2 Å². The number of benzene rings is 2. The second-order valence-corrected chi connectivity index (χ2v) is 9.30. The van der Waals surface area contributed by atoms with Crippen LogP contribution in [0, 0.1) is 21.0 Å². The van der Waals surface area contributed by atoms with Crippen LogP contribution in [0.3, 0.4) is 0 Å². The van der Waals surface area contributed by atoms with E-state index >= 15 is 0 Å². The molecule has 0 amide bonds. The molecule has 0 heterocycles. The molecule has 2 aromatic carbocycles. The fraction of sp³-hybridized carbons (Fsp3) is 0.176. The highest BCUT2D eigenvalue weighted by Crippen LogP contribution is 2.36. The topological polar surface area (TPSA) is 70.2 Å². The number of hydrogen-bond donors (Lipinski definition) is 3. The number of rotatable bonds is 7. The van der Waals surface area contributed by atoms with Crippen molar-refractivity contribution in [3.05, 3.63) is 57.4 Å². The van der Waals surface area contributed by atoms with E-state index in [9.17, 15) is 21.6 Å². The maximum absolute atomic E-state index is 14.5. The number of nitrogens with one attached hydrogen (secondary N) is 3. The molecule has 0 saturated heterocycles. The Balaban J connectivity index is 2.04. The van der Waals surface area contributed by atoms with Crippen molar-refractivity contribution in [2.45, 2.75) is 17.8 Å². The van der Waals surface area contributed by atoms with E-state index in [-0.39, 0.29) is 22.3 Å². The van der Waals surface area contributed by atoms with Crippen LogP contribution in [0.25, 0.3) is 6.08 Å². The van der Waals surface area contributed by atoms with Gasteiger partial charge in [0.15, 0.2) is 11.6 Å². The van der Waals surface area contributed by atoms with Crippen LogP contribution in [0.1, 0.15) is 12.0 Å². The van der Waals surface area contributed by atoms with Crippen molar-refractivity contribution < 1.29 is 21.6 Å². The lowest BCUT2D eigenvalue weighted by molar-refractivity contribution is 0.511. The summed E-state index contributed by atoms with van der Waals surface area (Å²) in [4.78, 5) is 0. The van der Waals surface area contributed by atoms with Gasteiger partial charge >= 0.3 is 0 Å². The van der Waals surface area contributed by atoms with Gasteiger partial charge in [-0.25, -0.2) is 13.2 Å². The largest absolute Gasteiger partial charge is 0.349 e. The zero-order valence-electron chi connectivity index (χ0n) is 14.1. The molecule has 0 aromatic heterocycles. The van der Waals surface area contributed by atoms with Crippen molar-refractivity contribution in [1.29, 1.82) is 0 Å². The Morgan fingerprint density at radius 3 is 2.43 bits per heavy atom. The van der Waals surface area contributed by atoms with Crippen molar-refractivity contribution in [1.82, 2.24) is 4.72 Å². The van der Waals surface area contributed by atoms with Crippen molar-refractivity contribution in [3.8, 4) is 0 Å². The van der Waals surface area contributed by atoms with E-state index in [1.165, 1.54) is 12.1 Å². The quantitative estimate of drug-likeness (QED) is 0.350. The molecular formula is C17H14ClF3IN3O2S. The lowest BCUT2D eigenvalue weighted by Crippen LogP contribution is -2.33. The molecule has 0 aliphatic heterocycles. The van der Waals surface area contributed by atoms with Crippen LogP contribution < -0.4 is 14.8 Å². The summed E-state index contributed by atoms with van der Waals surface area (Å²) < 4.78 is 72.4. The molecule has 1 aliphatic rings. The maximum Gasteiger partial charge on any atom is 0.299 e. The van der Waals surface area contributed by atoms with E-state index in [0.717, 1.165) is 12.1 Å². The van der Waals surface area contributed by atoms with Gasteiger partial charge in [0.05, 0.1) is 16.8 Å². The van der Waals surface area contributed by atoms with E-state index in [1.54, 1.807) is 6.07 Å². The van der Waals surface area contributed by atoms with Gasteiger partial charge in [0.25, 0.3) is 10.2 Å². The van der Waals surface area contributed by atoms with Gasteiger partial charge < -0.3 is 5.32 Å². The fourth-order valence-corrected chi connectivity index (χ4v) is 4.40. The van der Waals surface area contributed by atoms with Crippen LogP contribution in [0.15, 0.2) is 30.8 Å². The van der Waals surface area contributed by atoms with Crippen molar-refractivity contribution in [2.75, 3.05) is 10.0 Å². The van der Waals surface area contributed by atoms with Gasteiger partial charge in [-0.1, -0.05) is 12.7 Å². The lowest BCUT2D eigenvalue weighted by Gasteiger charge is -2.18. The van der Waals surface area contributed by atoms with Crippen LogP contribution in [-0.4, -0.2) is 19.8 Å². The molecule has 2 atom stereocenters. The van der Waals surface area contributed by atoms with Gasteiger partial charge in [0.2, 0.25) is 0 Å². The molecule has 150 valence electrons. The molecule has 3 N–H and O–H groups in total. The van der Waals surface area contributed by atoms with E-state index in [2.05, 4.69) is 21.3 Å². The highest BCUT2D eigenvalue weighted by Gasteiger charge is 2.38. The summed E-state index contributed by atoms with van der Waals surface area (Å²) in [6.07, 6.45) is 1.60. The van der Waals surface area contributed by atoms with Gasteiger partial charge in [0.1, 0.15) is 11.5 Å². The second-order valence-electron chi connectivity index (χ2n) is 6.05.